The Bertz CT molecular complexity index is 521. The van der Waals surface area contributed by atoms with Gasteiger partial charge in [-0.2, -0.15) is 0 Å². The molecule has 146 valence electrons. The van der Waals surface area contributed by atoms with E-state index in [-0.39, 0.29) is 30.7 Å². The first-order chi connectivity index (χ1) is 11.8. The fraction of sp³-hybridized carbons (Fsp3) is 0.944. The highest BCUT2D eigenvalue weighted by Crippen LogP contribution is 2.25. The molecule has 2 saturated carbocycles. The number of ether oxygens (including phenoxy) is 1. The van der Waals surface area contributed by atoms with Crippen LogP contribution in [0.1, 0.15) is 71.6 Å². The van der Waals surface area contributed by atoms with Crippen LogP contribution >= 0.6 is 0 Å². The van der Waals surface area contributed by atoms with Gasteiger partial charge in [-0.15, -0.1) is 0 Å². The van der Waals surface area contributed by atoms with Gasteiger partial charge in [0, 0.05) is 18.1 Å². The van der Waals surface area contributed by atoms with Crippen molar-refractivity contribution in [2.24, 2.45) is 0 Å². The lowest BCUT2D eigenvalue weighted by Crippen LogP contribution is -2.48. The van der Waals surface area contributed by atoms with Gasteiger partial charge in [-0.25, -0.2) is 13.1 Å². The van der Waals surface area contributed by atoms with Gasteiger partial charge < -0.3 is 9.64 Å². The molecule has 0 aromatic heterocycles. The van der Waals surface area contributed by atoms with E-state index in [0.717, 1.165) is 38.5 Å². The van der Waals surface area contributed by atoms with Gasteiger partial charge in [0.1, 0.15) is 6.61 Å². The van der Waals surface area contributed by atoms with Crippen molar-refractivity contribution in [3.05, 3.63) is 0 Å². The number of nitrogens with zero attached hydrogens (tertiary/aromatic N) is 1. The van der Waals surface area contributed by atoms with E-state index in [1.165, 1.54) is 25.5 Å². The molecule has 0 unspecified atom stereocenters. The molecule has 0 spiro atoms. The maximum Gasteiger partial charge on any atom is 0.249 e. The van der Waals surface area contributed by atoms with Crippen LogP contribution in [0.5, 0.6) is 0 Å². The second kappa shape index (κ2) is 9.33. The summed E-state index contributed by atoms with van der Waals surface area (Å²) < 4.78 is 31.1. The van der Waals surface area contributed by atoms with Crippen LogP contribution in [0.2, 0.25) is 0 Å². The van der Waals surface area contributed by atoms with Crippen LogP contribution in [0, 0.1) is 0 Å². The molecule has 0 radical (unpaired) electrons. The fourth-order valence-corrected chi connectivity index (χ4v) is 5.03. The number of nitrogens with one attached hydrogen (secondary N) is 1. The largest absolute Gasteiger partial charge is 0.368 e. The summed E-state index contributed by atoms with van der Waals surface area (Å²) in [5.41, 5.74) is 0. The first-order valence-corrected chi connectivity index (χ1v) is 11.6. The second-order valence-electron chi connectivity index (χ2n) is 7.86. The highest BCUT2D eigenvalue weighted by Gasteiger charge is 2.29. The molecule has 1 N–H and O–H groups in total. The minimum atomic E-state index is -3.15. The van der Waals surface area contributed by atoms with E-state index in [1.54, 1.807) is 0 Å². The predicted octanol–water partition coefficient (Wildman–Crippen LogP) is 2.43. The SMILES string of the molecule is CC(C)N(C(=O)COC1CCC(NS(C)(=O)=O)CC1)C1CCCCC1. The van der Waals surface area contributed by atoms with E-state index in [4.69, 9.17) is 4.74 Å². The maximum absolute atomic E-state index is 12.7. The van der Waals surface area contributed by atoms with Gasteiger partial charge in [-0.05, 0) is 52.4 Å². The lowest BCUT2D eigenvalue weighted by Gasteiger charge is -2.38. The average Bonchev–Trinajstić information content (AvgIpc) is 2.53. The summed E-state index contributed by atoms with van der Waals surface area (Å²) in [7, 11) is -3.15. The Hall–Kier alpha value is -0.660. The van der Waals surface area contributed by atoms with Gasteiger partial charge in [-0.3, -0.25) is 4.79 Å². The van der Waals surface area contributed by atoms with Crippen molar-refractivity contribution in [3.8, 4) is 0 Å². The Morgan fingerprint density at radius 2 is 1.68 bits per heavy atom. The summed E-state index contributed by atoms with van der Waals surface area (Å²) in [6.07, 6.45) is 10.3. The summed E-state index contributed by atoms with van der Waals surface area (Å²) in [6.45, 7) is 4.30. The molecule has 7 heteroatoms. The average molecular weight is 375 g/mol. The van der Waals surface area contributed by atoms with Gasteiger partial charge in [-0.1, -0.05) is 19.3 Å². The van der Waals surface area contributed by atoms with Gasteiger partial charge in [0.2, 0.25) is 15.9 Å². The zero-order chi connectivity index (χ0) is 18.4. The molecule has 0 heterocycles. The molecule has 2 rings (SSSR count). The minimum absolute atomic E-state index is 0.0000437. The third-order valence-corrected chi connectivity index (χ3v) is 6.07. The zero-order valence-corrected chi connectivity index (χ0v) is 16.7. The summed E-state index contributed by atoms with van der Waals surface area (Å²) in [4.78, 5) is 14.7. The van der Waals surface area contributed by atoms with Crippen molar-refractivity contribution < 1.29 is 17.9 Å². The lowest BCUT2D eigenvalue weighted by atomic mass is 9.93. The normalized spacial score (nSPS) is 25.9. The Kier molecular flexibility index (Phi) is 7.70. The van der Waals surface area contributed by atoms with Crippen molar-refractivity contribution >= 4 is 15.9 Å². The minimum Gasteiger partial charge on any atom is -0.368 e. The first kappa shape index (κ1) is 20.6. The van der Waals surface area contributed by atoms with E-state index >= 15 is 0 Å². The van der Waals surface area contributed by atoms with E-state index < -0.39 is 10.0 Å². The monoisotopic (exact) mass is 374 g/mol. The van der Waals surface area contributed by atoms with Crippen LogP contribution in [0.15, 0.2) is 0 Å². The van der Waals surface area contributed by atoms with Gasteiger partial charge in [0.25, 0.3) is 0 Å². The third kappa shape index (κ3) is 6.87. The zero-order valence-electron chi connectivity index (χ0n) is 15.9. The number of hydrogen-bond acceptors (Lipinski definition) is 4. The summed E-state index contributed by atoms with van der Waals surface area (Å²) in [5, 5.41) is 0. The highest BCUT2D eigenvalue weighted by molar-refractivity contribution is 7.88. The van der Waals surface area contributed by atoms with Crippen LogP contribution in [0.3, 0.4) is 0 Å². The number of hydrogen-bond donors (Lipinski definition) is 1. The topological polar surface area (TPSA) is 75.7 Å². The number of rotatable bonds is 7. The Morgan fingerprint density at radius 3 is 2.20 bits per heavy atom. The summed E-state index contributed by atoms with van der Waals surface area (Å²) in [5.74, 6) is 0.0956. The van der Waals surface area contributed by atoms with Crippen molar-refractivity contribution in [1.82, 2.24) is 9.62 Å². The molecule has 0 aromatic carbocycles. The third-order valence-electron chi connectivity index (χ3n) is 5.31. The van der Waals surface area contributed by atoms with Crippen LogP contribution in [-0.2, 0) is 19.6 Å². The lowest BCUT2D eigenvalue weighted by molar-refractivity contribution is -0.144. The van der Waals surface area contributed by atoms with E-state index in [9.17, 15) is 13.2 Å². The van der Waals surface area contributed by atoms with E-state index in [1.807, 2.05) is 4.90 Å². The smallest absolute Gasteiger partial charge is 0.249 e. The molecule has 2 fully saturated rings. The van der Waals surface area contributed by atoms with Crippen molar-refractivity contribution in [3.63, 3.8) is 0 Å². The Labute approximate surface area is 152 Å². The van der Waals surface area contributed by atoms with Crippen LogP contribution < -0.4 is 4.72 Å². The van der Waals surface area contributed by atoms with Crippen molar-refractivity contribution in [2.45, 2.75) is 95.9 Å². The van der Waals surface area contributed by atoms with Crippen LogP contribution in [0.25, 0.3) is 0 Å². The van der Waals surface area contributed by atoms with Crippen LogP contribution in [-0.4, -0.2) is 56.3 Å². The first-order valence-electron chi connectivity index (χ1n) is 9.66. The second-order valence-corrected chi connectivity index (χ2v) is 9.64. The number of amides is 1. The standard InChI is InChI=1S/C18H34N2O4S/c1-14(2)20(16-7-5-4-6-8-16)18(21)13-24-17-11-9-15(10-12-17)19-25(3,22)23/h14-17,19H,4-13H2,1-3H3. The molecule has 0 atom stereocenters. The number of carbonyl (C=O) groups excluding carboxylic acids is 1. The van der Waals surface area contributed by atoms with E-state index in [0.29, 0.717) is 6.04 Å². The molecule has 2 aliphatic rings. The maximum atomic E-state index is 12.7. The summed E-state index contributed by atoms with van der Waals surface area (Å²) >= 11 is 0. The Morgan fingerprint density at radius 1 is 1.08 bits per heavy atom. The molecule has 0 saturated heterocycles. The van der Waals surface area contributed by atoms with Crippen LogP contribution in [0.4, 0.5) is 0 Å². The molecule has 2 aliphatic carbocycles. The quantitative estimate of drug-likeness (QED) is 0.743. The van der Waals surface area contributed by atoms with Crippen molar-refractivity contribution in [1.29, 1.82) is 0 Å². The predicted molar refractivity (Wildman–Crippen MR) is 98.8 cm³/mol. The number of carbonyl (C=O) groups is 1. The molecular formula is C18H34N2O4S. The van der Waals surface area contributed by atoms with Gasteiger partial charge in [0.15, 0.2) is 0 Å². The Balaban J connectivity index is 1.77. The molecule has 0 bridgehead atoms. The molecule has 1 amide bonds. The highest BCUT2D eigenvalue weighted by atomic mass is 32.2. The van der Waals surface area contributed by atoms with Gasteiger partial charge in [0.05, 0.1) is 12.4 Å². The molecular weight excluding hydrogens is 340 g/mol. The van der Waals surface area contributed by atoms with E-state index in [2.05, 4.69) is 18.6 Å². The fourth-order valence-electron chi connectivity index (χ4n) is 4.19. The molecule has 0 aliphatic heterocycles. The molecule has 0 aromatic rings. The number of sulfonamides is 1. The molecule has 6 nitrogen and oxygen atoms in total. The van der Waals surface area contributed by atoms with Crippen molar-refractivity contribution in [2.75, 3.05) is 12.9 Å². The summed E-state index contributed by atoms with van der Waals surface area (Å²) in [6, 6.07) is 0.563. The van der Waals surface area contributed by atoms with Gasteiger partial charge >= 0.3 is 0 Å². The molecule has 25 heavy (non-hydrogen) atoms.